The zero-order valence-corrected chi connectivity index (χ0v) is 12.1. The Bertz CT molecular complexity index is 436. The van der Waals surface area contributed by atoms with E-state index in [4.69, 9.17) is 11.6 Å². The van der Waals surface area contributed by atoms with E-state index in [2.05, 4.69) is 18.7 Å². The Kier molecular flexibility index (Phi) is 4.48. The van der Waals surface area contributed by atoms with E-state index in [1.807, 2.05) is 12.1 Å². The van der Waals surface area contributed by atoms with E-state index in [0.29, 0.717) is 17.1 Å². The number of likely N-dealkylation sites (tertiary alicyclic amines) is 1. The molecule has 0 aromatic heterocycles. The fraction of sp³-hybridized carbons (Fsp3) is 0.533. The van der Waals surface area contributed by atoms with Crippen LogP contribution in [0.15, 0.2) is 24.3 Å². The van der Waals surface area contributed by atoms with Crippen molar-refractivity contribution in [1.29, 1.82) is 0 Å². The number of rotatable bonds is 3. The van der Waals surface area contributed by atoms with Crippen LogP contribution in [0.25, 0.3) is 0 Å². The van der Waals surface area contributed by atoms with Crippen LogP contribution < -0.4 is 0 Å². The maximum atomic E-state index is 11.7. The van der Waals surface area contributed by atoms with Gasteiger partial charge in [0, 0.05) is 17.1 Å². The minimum absolute atomic E-state index is 0.292. The number of hydrogen-bond acceptors (Lipinski definition) is 2. The summed E-state index contributed by atoms with van der Waals surface area (Å²) in [5.74, 6) is -0.789. The number of piperidine rings is 1. The molecule has 1 aromatic rings. The van der Waals surface area contributed by atoms with Gasteiger partial charge in [-0.05, 0) is 44.4 Å². The van der Waals surface area contributed by atoms with Crippen molar-refractivity contribution < 1.29 is 9.90 Å². The summed E-state index contributed by atoms with van der Waals surface area (Å²) in [4.78, 5) is 13.8. The van der Waals surface area contributed by atoms with Crippen LogP contribution in [0.5, 0.6) is 0 Å². The zero-order chi connectivity index (χ0) is 14.0. The molecule has 0 spiro atoms. The number of carbonyl (C=O) groups is 1. The molecule has 1 aliphatic rings. The molecule has 0 amide bonds. The molecule has 0 radical (unpaired) electrons. The van der Waals surface area contributed by atoms with Gasteiger partial charge >= 0.3 is 5.97 Å². The van der Waals surface area contributed by atoms with Gasteiger partial charge in [-0.3, -0.25) is 9.69 Å². The largest absolute Gasteiger partial charge is 0.480 e. The van der Waals surface area contributed by atoms with Gasteiger partial charge < -0.3 is 5.11 Å². The smallest absolute Gasteiger partial charge is 0.325 e. The van der Waals surface area contributed by atoms with Crippen molar-refractivity contribution in [2.24, 2.45) is 0 Å². The first-order valence-electron chi connectivity index (χ1n) is 6.76. The van der Waals surface area contributed by atoms with E-state index in [1.165, 1.54) is 6.42 Å². The van der Waals surface area contributed by atoms with Crippen LogP contribution in [0.4, 0.5) is 0 Å². The van der Waals surface area contributed by atoms with E-state index >= 15 is 0 Å². The number of halogens is 1. The third-order valence-electron chi connectivity index (χ3n) is 3.98. The van der Waals surface area contributed by atoms with Crippen LogP contribution in [-0.2, 0) is 4.79 Å². The van der Waals surface area contributed by atoms with E-state index in [9.17, 15) is 9.90 Å². The molecule has 0 aliphatic carbocycles. The van der Waals surface area contributed by atoms with Gasteiger partial charge in [-0.2, -0.15) is 0 Å². The van der Waals surface area contributed by atoms with Gasteiger partial charge in [0.1, 0.15) is 6.04 Å². The second kappa shape index (κ2) is 5.93. The summed E-state index contributed by atoms with van der Waals surface area (Å²) in [7, 11) is 0. The fourth-order valence-corrected chi connectivity index (χ4v) is 3.16. The summed E-state index contributed by atoms with van der Waals surface area (Å²) in [5.41, 5.74) is 0.803. The van der Waals surface area contributed by atoms with Gasteiger partial charge in [0.25, 0.3) is 0 Å². The molecule has 1 fully saturated rings. The van der Waals surface area contributed by atoms with Gasteiger partial charge in [-0.15, -0.1) is 0 Å². The molecular weight excluding hydrogens is 262 g/mol. The van der Waals surface area contributed by atoms with Crippen LogP contribution >= 0.6 is 11.6 Å². The van der Waals surface area contributed by atoms with Crippen LogP contribution in [0, 0.1) is 0 Å². The zero-order valence-electron chi connectivity index (χ0n) is 11.3. The second-order valence-electron chi connectivity index (χ2n) is 5.37. The maximum absolute atomic E-state index is 11.7. The molecule has 1 heterocycles. The van der Waals surface area contributed by atoms with Crippen molar-refractivity contribution in [2.75, 3.05) is 0 Å². The summed E-state index contributed by atoms with van der Waals surface area (Å²) < 4.78 is 0. The Morgan fingerprint density at radius 2 is 1.79 bits per heavy atom. The second-order valence-corrected chi connectivity index (χ2v) is 5.80. The molecule has 0 saturated carbocycles. The average molecular weight is 282 g/mol. The van der Waals surface area contributed by atoms with Crippen LogP contribution in [0.1, 0.15) is 44.7 Å². The average Bonchev–Trinajstić information content (AvgIpc) is 2.35. The van der Waals surface area contributed by atoms with Gasteiger partial charge in [0.2, 0.25) is 0 Å². The summed E-state index contributed by atoms with van der Waals surface area (Å²) in [6.07, 6.45) is 3.29. The van der Waals surface area contributed by atoms with Gasteiger partial charge in [0.15, 0.2) is 0 Å². The molecule has 3 nitrogen and oxygen atoms in total. The Balaban J connectivity index is 2.34. The highest BCUT2D eigenvalue weighted by Gasteiger charge is 2.36. The molecule has 3 unspecified atom stereocenters. The van der Waals surface area contributed by atoms with E-state index < -0.39 is 12.0 Å². The topological polar surface area (TPSA) is 40.5 Å². The molecule has 4 heteroatoms. The molecular formula is C15H20ClNO2. The summed E-state index contributed by atoms with van der Waals surface area (Å²) in [6.45, 7) is 4.23. The quantitative estimate of drug-likeness (QED) is 0.918. The van der Waals surface area contributed by atoms with E-state index in [-0.39, 0.29) is 0 Å². The minimum Gasteiger partial charge on any atom is -0.480 e. The molecule has 1 aromatic carbocycles. The third kappa shape index (κ3) is 3.10. The van der Waals surface area contributed by atoms with Crippen molar-refractivity contribution in [3.05, 3.63) is 34.9 Å². The Labute approximate surface area is 119 Å². The Morgan fingerprint density at radius 3 is 2.26 bits per heavy atom. The van der Waals surface area contributed by atoms with Crippen LogP contribution in [0.3, 0.4) is 0 Å². The van der Waals surface area contributed by atoms with Gasteiger partial charge in [0.05, 0.1) is 0 Å². The highest BCUT2D eigenvalue weighted by atomic mass is 35.5. The van der Waals surface area contributed by atoms with Gasteiger partial charge in [-0.25, -0.2) is 0 Å². The molecule has 1 aliphatic heterocycles. The summed E-state index contributed by atoms with van der Waals surface area (Å²) in [6, 6.07) is 7.14. The lowest BCUT2D eigenvalue weighted by Crippen LogP contribution is -2.48. The summed E-state index contributed by atoms with van der Waals surface area (Å²) >= 11 is 5.88. The number of carboxylic acids is 1. The van der Waals surface area contributed by atoms with Crippen LogP contribution in [-0.4, -0.2) is 28.1 Å². The van der Waals surface area contributed by atoms with E-state index in [1.54, 1.807) is 12.1 Å². The highest BCUT2D eigenvalue weighted by Crippen LogP contribution is 2.33. The standard InChI is InChI=1S/C15H20ClNO2/c1-10-4-3-5-11(2)17(10)14(15(18)19)12-6-8-13(16)9-7-12/h6-11,14H,3-5H2,1-2H3,(H,18,19). The first kappa shape index (κ1) is 14.4. The molecule has 19 heavy (non-hydrogen) atoms. The molecule has 1 N–H and O–H groups in total. The fourth-order valence-electron chi connectivity index (χ4n) is 3.04. The molecule has 3 atom stereocenters. The number of benzene rings is 1. The van der Waals surface area contributed by atoms with Gasteiger partial charge in [-0.1, -0.05) is 30.2 Å². The predicted octanol–water partition coefficient (Wildman–Crippen LogP) is 3.73. The number of carboxylic acid groups (broad SMARTS) is 1. The lowest BCUT2D eigenvalue weighted by Gasteiger charge is -2.42. The number of hydrogen-bond donors (Lipinski definition) is 1. The first-order valence-corrected chi connectivity index (χ1v) is 7.14. The number of aliphatic carboxylic acids is 1. The summed E-state index contributed by atoms with van der Waals surface area (Å²) in [5, 5.41) is 10.2. The number of nitrogens with zero attached hydrogens (tertiary/aromatic N) is 1. The highest BCUT2D eigenvalue weighted by molar-refractivity contribution is 6.30. The van der Waals surface area contributed by atoms with Crippen LogP contribution in [0.2, 0.25) is 5.02 Å². The third-order valence-corrected chi connectivity index (χ3v) is 4.23. The normalized spacial score (nSPS) is 26.1. The first-order chi connectivity index (χ1) is 9.00. The monoisotopic (exact) mass is 281 g/mol. The Morgan fingerprint density at radius 1 is 1.26 bits per heavy atom. The Hall–Kier alpha value is -1.06. The minimum atomic E-state index is -0.789. The SMILES string of the molecule is CC1CCCC(C)N1C(C(=O)O)c1ccc(Cl)cc1. The molecule has 0 bridgehead atoms. The molecule has 1 saturated heterocycles. The van der Waals surface area contributed by atoms with E-state index in [0.717, 1.165) is 18.4 Å². The van der Waals surface area contributed by atoms with Crippen molar-refractivity contribution in [3.8, 4) is 0 Å². The van der Waals surface area contributed by atoms with Crippen molar-refractivity contribution >= 4 is 17.6 Å². The maximum Gasteiger partial charge on any atom is 0.325 e. The molecule has 2 rings (SSSR count). The predicted molar refractivity (Wildman–Crippen MR) is 76.4 cm³/mol. The lowest BCUT2D eigenvalue weighted by molar-refractivity contribution is -0.146. The van der Waals surface area contributed by atoms with Crippen molar-refractivity contribution in [1.82, 2.24) is 4.90 Å². The lowest BCUT2D eigenvalue weighted by atomic mass is 9.92. The van der Waals surface area contributed by atoms with Crippen molar-refractivity contribution in [3.63, 3.8) is 0 Å². The van der Waals surface area contributed by atoms with Crippen molar-refractivity contribution in [2.45, 2.75) is 51.2 Å². The molecule has 104 valence electrons.